The van der Waals surface area contributed by atoms with E-state index in [9.17, 15) is 4.79 Å². The van der Waals surface area contributed by atoms with Gasteiger partial charge in [-0.25, -0.2) is 0 Å². The lowest BCUT2D eigenvalue weighted by Gasteiger charge is -2.16. The van der Waals surface area contributed by atoms with Crippen LogP contribution in [0.2, 0.25) is 5.02 Å². The highest BCUT2D eigenvalue weighted by atomic mass is 35.5. The van der Waals surface area contributed by atoms with Crippen molar-refractivity contribution in [2.24, 2.45) is 0 Å². The summed E-state index contributed by atoms with van der Waals surface area (Å²) >= 11 is 6.09. The quantitative estimate of drug-likeness (QED) is 0.853. The molecule has 0 radical (unpaired) electrons. The van der Waals surface area contributed by atoms with Crippen LogP contribution in [0, 0.1) is 13.8 Å². The van der Waals surface area contributed by atoms with Crippen LogP contribution in [0.4, 0.5) is 11.4 Å². The highest BCUT2D eigenvalue weighted by Crippen LogP contribution is 2.27. The van der Waals surface area contributed by atoms with Gasteiger partial charge in [0.15, 0.2) is 0 Å². The molecule has 2 aromatic rings. The van der Waals surface area contributed by atoms with Crippen molar-refractivity contribution in [1.82, 2.24) is 0 Å². The summed E-state index contributed by atoms with van der Waals surface area (Å²) in [6.45, 7) is 5.86. The van der Waals surface area contributed by atoms with Gasteiger partial charge in [-0.15, -0.1) is 0 Å². The highest BCUT2D eigenvalue weighted by molar-refractivity contribution is 6.32. The van der Waals surface area contributed by atoms with Crippen molar-refractivity contribution in [3.05, 3.63) is 52.5 Å². The maximum atomic E-state index is 12.3. The van der Waals surface area contributed by atoms with Gasteiger partial charge in [-0.3, -0.25) is 4.79 Å². The van der Waals surface area contributed by atoms with E-state index in [0.717, 1.165) is 16.9 Å². The molecule has 23 heavy (non-hydrogen) atoms. The fraction of sp³-hybridized carbons (Fsp3) is 0.278. The minimum absolute atomic E-state index is 0.111. The fourth-order valence-electron chi connectivity index (χ4n) is 2.14. The summed E-state index contributed by atoms with van der Waals surface area (Å²) in [5, 5.41) is 6.54. The van der Waals surface area contributed by atoms with Gasteiger partial charge < -0.3 is 15.4 Å². The molecule has 122 valence electrons. The van der Waals surface area contributed by atoms with Crippen LogP contribution in [-0.4, -0.2) is 19.1 Å². The first kappa shape index (κ1) is 17.2. The van der Waals surface area contributed by atoms with Crippen molar-refractivity contribution in [1.29, 1.82) is 0 Å². The molecule has 2 N–H and O–H groups in total. The molecule has 1 atom stereocenters. The standard InChI is InChI=1S/C18H21ClN2O2/c1-11-5-6-14(9-12(11)2)21-18(22)13(3)20-15-7-8-17(23-4)16(19)10-15/h5-10,13,20H,1-4H3,(H,21,22). The number of anilines is 2. The van der Waals surface area contributed by atoms with E-state index in [4.69, 9.17) is 16.3 Å². The fourth-order valence-corrected chi connectivity index (χ4v) is 2.40. The van der Waals surface area contributed by atoms with Crippen LogP contribution in [0.15, 0.2) is 36.4 Å². The van der Waals surface area contributed by atoms with Crippen LogP contribution >= 0.6 is 11.6 Å². The largest absolute Gasteiger partial charge is 0.495 e. The molecule has 0 fully saturated rings. The number of amides is 1. The summed E-state index contributed by atoms with van der Waals surface area (Å²) < 4.78 is 5.11. The Labute approximate surface area is 141 Å². The summed E-state index contributed by atoms with van der Waals surface area (Å²) in [4.78, 5) is 12.3. The van der Waals surface area contributed by atoms with Crippen molar-refractivity contribution < 1.29 is 9.53 Å². The molecule has 2 aromatic carbocycles. The van der Waals surface area contributed by atoms with Crippen LogP contribution < -0.4 is 15.4 Å². The normalized spacial score (nSPS) is 11.7. The average Bonchev–Trinajstić information content (AvgIpc) is 2.51. The molecule has 2 rings (SSSR count). The SMILES string of the molecule is COc1ccc(NC(C)C(=O)Nc2ccc(C)c(C)c2)cc1Cl. The number of aryl methyl sites for hydroxylation is 2. The molecule has 0 aliphatic heterocycles. The zero-order chi connectivity index (χ0) is 17.0. The summed E-state index contributed by atoms with van der Waals surface area (Å²) in [5.41, 5.74) is 3.89. The second-order valence-corrected chi connectivity index (χ2v) is 5.91. The molecular weight excluding hydrogens is 312 g/mol. The van der Waals surface area contributed by atoms with E-state index in [-0.39, 0.29) is 5.91 Å². The molecule has 0 aliphatic carbocycles. The van der Waals surface area contributed by atoms with Crippen molar-refractivity contribution in [3.8, 4) is 5.75 Å². The van der Waals surface area contributed by atoms with E-state index in [0.29, 0.717) is 10.8 Å². The second kappa shape index (κ2) is 7.38. The van der Waals surface area contributed by atoms with Gasteiger partial charge in [-0.05, 0) is 62.2 Å². The molecule has 1 amide bonds. The lowest BCUT2D eigenvalue weighted by Crippen LogP contribution is -2.31. The van der Waals surface area contributed by atoms with Crippen LogP contribution in [0.1, 0.15) is 18.1 Å². The lowest BCUT2D eigenvalue weighted by atomic mass is 10.1. The molecular formula is C18H21ClN2O2. The topological polar surface area (TPSA) is 50.4 Å². The van der Waals surface area contributed by atoms with Gasteiger partial charge in [0, 0.05) is 11.4 Å². The molecule has 0 aliphatic rings. The first-order valence-corrected chi connectivity index (χ1v) is 7.76. The van der Waals surface area contributed by atoms with Gasteiger partial charge in [0.2, 0.25) is 5.91 Å². The van der Waals surface area contributed by atoms with Gasteiger partial charge in [-0.1, -0.05) is 17.7 Å². The number of nitrogens with one attached hydrogen (secondary N) is 2. The number of rotatable bonds is 5. The molecule has 0 spiro atoms. The maximum Gasteiger partial charge on any atom is 0.246 e. The van der Waals surface area contributed by atoms with Crippen LogP contribution in [-0.2, 0) is 4.79 Å². The second-order valence-electron chi connectivity index (χ2n) is 5.50. The van der Waals surface area contributed by atoms with Gasteiger partial charge in [-0.2, -0.15) is 0 Å². The Kier molecular flexibility index (Phi) is 5.50. The first-order valence-electron chi connectivity index (χ1n) is 7.39. The van der Waals surface area contributed by atoms with E-state index in [1.807, 2.05) is 38.1 Å². The molecule has 1 unspecified atom stereocenters. The Balaban J connectivity index is 2.02. The van der Waals surface area contributed by atoms with Gasteiger partial charge >= 0.3 is 0 Å². The van der Waals surface area contributed by atoms with Crippen LogP contribution in [0.3, 0.4) is 0 Å². The van der Waals surface area contributed by atoms with E-state index >= 15 is 0 Å². The van der Waals surface area contributed by atoms with Gasteiger partial charge in [0.25, 0.3) is 0 Å². The van der Waals surface area contributed by atoms with E-state index in [1.165, 1.54) is 5.56 Å². The smallest absolute Gasteiger partial charge is 0.246 e. The molecule has 4 nitrogen and oxygen atoms in total. The van der Waals surface area contributed by atoms with Crippen molar-refractivity contribution in [2.45, 2.75) is 26.8 Å². The number of ether oxygens (including phenoxy) is 1. The summed E-state index contributed by atoms with van der Waals surface area (Å²) in [6, 6.07) is 10.8. The molecule has 0 saturated carbocycles. The number of hydrogen-bond acceptors (Lipinski definition) is 3. The minimum Gasteiger partial charge on any atom is -0.495 e. The monoisotopic (exact) mass is 332 g/mol. The molecule has 0 bridgehead atoms. The third-order valence-corrected chi connectivity index (χ3v) is 4.00. The zero-order valence-electron chi connectivity index (χ0n) is 13.7. The highest BCUT2D eigenvalue weighted by Gasteiger charge is 2.14. The van der Waals surface area contributed by atoms with E-state index < -0.39 is 6.04 Å². The van der Waals surface area contributed by atoms with Crippen molar-refractivity contribution in [3.63, 3.8) is 0 Å². The maximum absolute atomic E-state index is 12.3. The predicted octanol–water partition coefficient (Wildman–Crippen LogP) is 4.40. The van der Waals surface area contributed by atoms with Gasteiger partial charge in [0.05, 0.1) is 12.1 Å². The van der Waals surface area contributed by atoms with Crippen LogP contribution in [0.5, 0.6) is 5.75 Å². The Morgan fingerprint density at radius 2 is 1.78 bits per heavy atom. The Morgan fingerprint density at radius 1 is 1.09 bits per heavy atom. The van der Waals surface area contributed by atoms with E-state index in [2.05, 4.69) is 10.6 Å². The number of halogens is 1. The number of carbonyl (C=O) groups is 1. The van der Waals surface area contributed by atoms with Crippen molar-refractivity contribution >= 4 is 28.9 Å². The minimum atomic E-state index is -0.402. The third kappa shape index (κ3) is 4.39. The zero-order valence-corrected chi connectivity index (χ0v) is 14.5. The lowest BCUT2D eigenvalue weighted by molar-refractivity contribution is -0.116. The Morgan fingerprint density at radius 3 is 2.39 bits per heavy atom. The molecule has 5 heteroatoms. The van der Waals surface area contributed by atoms with Crippen molar-refractivity contribution in [2.75, 3.05) is 17.7 Å². The number of hydrogen-bond donors (Lipinski definition) is 2. The Bertz CT molecular complexity index is 716. The molecule has 0 saturated heterocycles. The first-order chi connectivity index (χ1) is 10.9. The van der Waals surface area contributed by atoms with Gasteiger partial charge in [0.1, 0.15) is 11.8 Å². The number of benzene rings is 2. The third-order valence-electron chi connectivity index (χ3n) is 3.70. The predicted molar refractivity (Wildman–Crippen MR) is 95.6 cm³/mol. The number of methoxy groups -OCH3 is 1. The van der Waals surface area contributed by atoms with Crippen LogP contribution in [0.25, 0.3) is 0 Å². The summed E-state index contributed by atoms with van der Waals surface area (Å²) in [7, 11) is 1.56. The summed E-state index contributed by atoms with van der Waals surface area (Å²) in [5.74, 6) is 0.490. The number of carbonyl (C=O) groups excluding carboxylic acids is 1. The average molecular weight is 333 g/mol. The summed E-state index contributed by atoms with van der Waals surface area (Å²) in [6.07, 6.45) is 0. The molecule has 0 heterocycles. The molecule has 0 aromatic heterocycles. The Hall–Kier alpha value is -2.20. The van der Waals surface area contributed by atoms with E-state index in [1.54, 1.807) is 26.2 Å².